The molecule has 0 heterocycles. The molecule has 96 valence electrons. The van der Waals surface area contributed by atoms with Crippen LogP contribution in [0, 0.1) is 17.8 Å². The normalized spacial score (nSPS) is 30.5. The number of carbonyl (C=O) groups is 2. The van der Waals surface area contributed by atoms with Gasteiger partial charge in [0.15, 0.2) is 0 Å². The molecule has 2 aliphatic carbocycles. The lowest BCUT2D eigenvalue weighted by molar-refractivity contribution is -0.139. The Labute approximate surface area is 102 Å². The van der Waals surface area contributed by atoms with Crippen LogP contribution in [0.3, 0.4) is 0 Å². The van der Waals surface area contributed by atoms with Gasteiger partial charge >= 0.3 is 5.97 Å². The SMILES string of the molecule is CC[C@](C)(CC(=O)O)NC(=O)[C@H]1C[C@@H]1C1CC1. The summed E-state index contributed by atoms with van der Waals surface area (Å²) in [6.45, 7) is 3.72. The Bertz CT molecular complexity index is 338. The summed E-state index contributed by atoms with van der Waals surface area (Å²) in [6.07, 6.45) is 4.19. The second-order valence-electron chi connectivity index (χ2n) is 5.82. The Balaban J connectivity index is 1.85. The quantitative estimate of drug-likeness (QED) is 0.742. The van der Waals surface area contributed by atoms with E-state index in [1.54, 1.807) is 0 Å². The predicted octanol–water partition coefficient (Wildman–Crippen LogP) is 1.79. The molecule has 0 saturated heterocycles. The van der Waals surface area contributed by atoms with Crippen molar-refractivity contribution in [2.24, 2.45) is 17.8 Å². The van der Waals surface area contributed by atoms with Crippen LogP contribution in [0.15, 0.2) is 0 Å². The minimum atomic E-state index is -0.857. The second kappa shape index (κ2) is 4.31. The summed E-state index contributed by atoms with van der Waals surface area (Å²) in [5.41, 5.74) is -0.598. The highest BCUT2D eigenvalue weighted by atomic mass is 16.4. The fraction of sp³-hybridized carbons (Fsp3) is 0.846. The minimum Gasteiger partial charge on any atom is -0.481 e. The Hall–Kier alpha value is -1.06. The molecule has 2 rings (SSSR count). The zero-order valence-corrected chi connectivity index (χ0v) is 10.5. The van der Waals surface area contributed by atoms with Gasteiger partial charge < -0.3 is 10.4 Å². The molecule has 0 bridgehead atoms. The monoisotopic (exact) mass is 239 g/mol. The van der Waals surface area contributed by atoms with Crippen molar-refractivity contribution in [2.75, 3.05) is 0 Å². The lowest BCUT2D eigenvalue weighted by Gasteiger charge is -2.28. The van der Waals surface area contributed by atoms with E-state index < -0.39 is 11.5 Å². The van der Waals surface area contributed by atoms with E-state index in [9.17, 15) is 9.59 Å². The van der Waals surface area contributed by atoms with Crippen LogP contribution in [0.2, 0.25) is 0 Å². The summed E-state index contributed by atoms with van der Waals surface area (Å²) < 4.78 is 0. The van der Waals surface area contributed by atoms with Gasteiger partial charge in [-0.3, -0.25) is 9.59 Å². The van der Waals surface area contributed by atoms with Crippen LogP contribution in [-0.2, 0) is 9.59 Å². The number of nitrogens with one attached hydrogen (secondary N) is 1. The van der Waals surface area contributed by atoms with E-state index >= 15 is 0 Å². The van der Waals surface area contributed by atoms with Crippen molar-refractivity contribution >= 4 is 11.9 Å². The van der Waals surface area contributed by atoms with E-state index in [2.05, 4.69) is 5.32 Å². The van der Waals surface area contributed by atoms with E-state index in [0.717, 1.165) is 12.3 Å². The summed E-state index contributed by atoms with van der Waals surface area (Å²) in [7, 11) is 0. The third-order valence-corrected chi connectivity index (χ3v) is 4.15. The highest BCUT2D eigenvalue weighted by Gasteiger charge is 2.51. The van der Waals surface area contributed by atoms with Gasteiger partial charge in [0.05, 0.1) is 6.42 Å². The zero-order valence-electron chi connectivity index (χ0n) is 10.5. The average molecular weight is 239 g/mol. The molecule has 2 aliphatic rings. The maximum absolute atomic E-state index is 12.0. The highest BCUT2D eigenvalue weighted by Crippen LogP contribution is 2.54. The molecular formula is C13H21NO3. The van der Waals surface area contributed by atoms with Crippen molar-refractivity contribution in [1.82, 2.24) is 5.32 Å². The van der Waals surface area contributed by atoms with Crippen LogP contribution in [0.5, 0.6) is 0 Å². The molecule has 0 aromatic heterocycles. The van der Waals surface area contributed by atoms with E-state index in [0.29, 0.717) is 12.3 Å². The van der Waals surface area contributed by atoms with Gasteiger partial charge in [0.25, 0.3) is 0 Å². The molecule has 2 N–H and O–H groups in total. The molecule has 2 saturated carbocycles. The molecule has 0 aromatic rings. The van der Waals surface area contributed by atoms with Crippen molar-refractivity contribution in [2.45, 2.75) is 51.5 Å². The molecule has 17 heavy (non-hydrogen) atoms. The molecule has 0 aromatic carbocycles. The topological polar surface area (TPSA) is 66.4 Å². The first kappa shape index (κ1) is 12.4. The van der Waals surface area contributed by atoms with Crippen LogP contribution < -0.4 is 5.32 Å². The number of aliphatic carboxylic acids is 1. The van der Waals surface area contributed by atoms with Gasteiger partial charge in [0.1, 0.15) is 0 Å². The van der Waals surface area contributed by atoms with Crippen molar-refractivity contribution in [3.63, 3.8) is 0 Å². The Morgan fingerprint density at radius 2 is 2.06 bits per heavy atom. The van der Waals surface area contributed by atoms with E-state index in [-0.39, 0.29) is 18.2 Å². The predicted molar refractivity (Wildman–Crippen MR) is 63.4 cm³/mol. The summed E-state index contributed by atoms with van der Waals surface area (Å²) in [6, 6.07) is 0. The first-order valence-electron chi connectivity index (χ1n) is 6.49. The Kier molecular flexibility index (Phi) is 3.15. The maximum Gasteiger partial charge on any atom is 0.305 e. The van der Waals surface area contributed by atoms with Gasteiger partial charge in [-0.05, 0) is 44.4 Å². The van der Waals surface area contributed by atoms with E-state index in [1.165, 1.54) is 12.8 Å². The minimum absolute atomic E-state index is 0.00391. The first-order chi connectivity index (χ1) is 7.95. The van der Waals surface area contributed by atoms with Gasteiger partial charge in [-0.25, -0.2) is 0 Å². The molecule has 0 unspecified atom stereocenters. The van der Waals surface area contributed by atoms with Crippen molar-refractivity contribution in [3.8, 4) is 0 Å². The van der Waals surface area contributed by atoms with Gasteiger partial charge in [-0.2, -0.15) is 0 Å². The van der Waals surface area contributed by atoms with Crippen LogP contribution in [0.25, 0.3) is 0 Å². The summed E-state index contributed by atoms with van der Waals surface area (Å²) in [5.74, 6) is 0.720. The molecular weight excluding hydrogens is 218 g/mol. The van der Waals surface area contributed by atoms with Crippen LogP contribution >= 0.6 is 0 Å². The molecule has 4 heteroatoms. The van der Waals surface area contributed by atoms with Gasteiger partial charge in [-0.1, -0.05) is 6.92 Å². The van der Waals surface area contributed by atoms with Crippen molar-refractivity contribution in [1.29, 1.82) is 0 Å². The highest BCUT2D eigenvalue weighted by molar-refractivity contribution is 5.83. The van der Waals surface area contributed by atoms with Crippen molar-refractivity contribution < 1.29 is 14.7 Å². The molecule has 1 amide bonds. The third kappa shape index (κ3) is 2.99. The summed E-state index contributed by atoms with van der Waals surface area (Å²) in [5, 5.41) is 11.8. The molecule has 2 fully saturated rings. The molecule has 0 spiro atoms. The maximum atomic E-state index is 12.0. The lowest BCUT2D eigenvalue weighted by Crippen LogP contribution is -2.47. The van der Waals surface area contributed by atoms with Crippen LogP contribution in [-0.4, -0.2) is 22.5 Å². The number of carboxylic acids is 1. The third-order valence-electron chi connectivity index (χ3n) is 4.15. The lowest BCUT2D eigenvalue weighted by atomic mass is 9.94. The average Bonchev–Trinajstić information content (AvgIpc) is 3.07. The van der Waals surface area contributed by atoms with Gasteiger partial charge in [0.2, 0.25) is 5.91 Å². The van der Waals surface area contributed by atoms with Crippen LogP contribution in [0.4, 0.5) is 0 Å². The number of hydrogen-bond donors (Lipinski definition) is 2. The smallest absolute Gasteiger partial charge is 0.305 e. The zero-order chi connectivity index (χ0) is 12.6. The van der Waals surface area contributed by atoms with E-state index in [4.69, 9.17) is 5.11 Å². The number of carbonyl (C=O) groups excluding carboxylic acids is 1. The Morgan fingerprint density at radius 1 is 1.41 bits per heavy atom. The molecule has 3 atom stereocenters. The fourth-order valence-electron chi connectivity index (χ4n) is 2.54. The fourth-order valence-corrected chi connectivity index (χ4v) is 2.54. The van der Waals surface area contributed by atoms with E-state index in [1.807, 2.05) is 13.8 Å². The van der Waals surface area contributed by atoms with Crippen molar-refractivity contribution in [3.05, 3.63) is 0 Å². The summed E-state index contributed by atoms with van der Waals surface area (Å²) in [4.78, 5) is 22.8. The largest absolute Gasteiger partial charge is 0.481 e. The summed E-state index contributed by atoms with van der Waals surface area (Å²) >= 11 is 0. The second-order valence-corrected chi connectivity index (χ2v) is 5.82. The number of hydrogen-bond acceptors (Lipinski definition) is 2. The number of rotatable bonds is 6. The van der Waals surface area contributed by atoms with Gasteiger partial charge in [-0.15, -0.1) is 0 Å². The Morgan fingerprint density at radius 3 is 2.53 bits per heavy atom. The van der Waals surface area contributed by atoms with Gasteiger partial charge in [0, 0.05) is 11.5 Å². The first-order valence-corrected chi connectivity index (χ1v) is 6.49. The number of carboxylic acid groups (broad SMARTS) is 1. The molecule has 0 aliphatic heterocycles. The standard InChI is InChI=1S/C13H21NO3/c1-3-13(2,7-11(15)16)14-12(17)10-6-9(10)8-4-5-8/h8-10H,3-7H2,1-2H3,(H,14,17)(H,15,16)/t9-,10+,13-/m1/s1. The number of amides is 1. The van der Waals surface area contributed by atoms with Crippen LogP contribution in [0.1, 0.15) is 46.0 Å². The molecule has 0 radical (unpaired) electrons. The molecule has 4 nitrogen and oxygen atoms in total.